The minimum Gasteiger partial charge on any atom is -0.494 e. The summed E-state index contributed by atoms with van der Waals surface area (Å²) in [5.74, 6) is 0.844. The number of hydrogen-bond donors (Lipinski definition) is 1. The molecule has 0 aliphatic rings. The minimum absolute atomic E-state index is 0.0872. The first kappa shape index (κ1) is 15.1. The van der Waals surface area contributed by atoms with Crippen LogP contribution in [0.1, 0.15) is 19.8 Å². The van der Waals surface area contributed by atoms with Crippen molar-refractivity contribution in [1.29, 1.82) is 0 Å². The normalized spacial score (nSPS) is 10.3. The van der Waals surface area contributed by atoms with E-state index in [1.165, 1.54) is 4.68 Å². The quantitative estimate of drug-likeness (QED) is 0.758. The number of benzene rings is 1. The van der Waals surface area contributed by atoms with Crippen molar-refractivity contribution < 1.29 is 4.74 Å². The van der Waals surface area contributed by atoms with Crippen LogP contribution >= 0.6 is 0 Å². The van der Waals surface area contributed by atoms with Crippen LogP contribution in [0.15, 0.2) is 47.4 Å². The molecule has 5 nitrogen and oxygen atoms in total. The van der Waals surface area contributed by atoms with Gasteiger partial charge in [0.2, 0.25) is 0 Å². The van der Waals surface area contributed by atoms with E-state index in [9.17, 15) is 4.79 Å². The van der Waals surface area contributed by atoms with Gasteiger partial charge in [0.1, 0.15) is 5.75 Å². The Hall–Kier alpha value is -2.30. The molecule has 0 fully saturated rings. The third kappa shape index (κ3) is 4.95. The minimum atomic E-state index is -0.0872. The van der Waals surface area contributed by atoms with Crippen molar-refractivity contribution in [3.05, 3.63) is 52.9 Å². The van der Waals surface area contributed by atoms with E-state index in [0.29, 0.717) is 13.2 Å². The summed E-state index contributed by atoms with van der Waals surface area (Å²) >= 11 is 0. The van der Waals surface area contributed by atoms with Crippen molar-refractivity contribution in [2.24, 2.45) is 0 Å². The van der Waals surface area contributed by atoms with Crippen molar-refractivity contribution in [1.82, 2.24) is 9.78 Å². The number of rotatable bonds is 8. The predicted octanol–water partition coefficient (Wildman–Crippen LogP) is 2.53. The Morgan fingerprint density at radius 2 is 2.10 bits per heavy atom. The number of nitrogens with one attached hydrogen (secondary N) is 1. The average molecular weight is 287 g/mol. The second-order valence-electron chi connectivity index (χ2n) is 4.75. The molecule has 0 aliphatic heterocycles. The molecule has 0 amide bonds. The second-order valence-corrected chi connectivity index (χ2v) is 4.75. The zero-order chi connectivity index (χ0) is 14.9. The zero-order valence-corrected chi connectivity index (χ0v) is 12.3. The summed E-state index contributed by atoms with van der Waals surface area (Å²) in [4.78, 5) is 11.9. The fourth-order valence-electron chi connectivity index (χ4n) is 1.89. The van der Waals surface area contributed by atoms with E-state index >= 15 is 0 Å². The summed E-state index contributed by atoms with van der Waals surface area (Å²) in [6.07, 6.45) is 3.44. The number of ether oxygens (including phenoxy) is 1. The van der Waals surface area contributed by atoms with Crippen LogP contribution in [0.25, 0.3) is 0 Å². The zero-order valence-electron chi connectivity index (χ0n) is 12.3. The molecule has 112 valence electrons. The Kier molecular flexibility index (Phi) is 5.82. The highest BCUT2D eigenvalue weighted by Crippen LogP contribution is 2.08. The Morgan fingerprint density at radius 1 is 1.29 bits per heavy atom. The highest BCUT2D eigenvalue weighted by Gasteiger charge is 2.00. The molecule has 1 N–H and O–H groups in total. The van der Waals surface area contributed by atoms with E-state index in [-0.39, 0.29) is 5.56 Å². The van der Waals surface area contributed by atoms with Crippen LogP contribution in [-0.4, -0.2) is 22.9 Å². The lowest BCUT2D eigenvalue weighted by Gasteiger charge is -2.08. The Morgan fingerprint density at radius 3 is 2.81 bits per heavy atom. The number of hydrogen-bond acceptors (Lipinski definition) is 4. The van der Waals surface area contributed by atoms with Crippen LogP contribution in [0.3, 0.4) is 0 Å². The van der Waals surface area contributed by atoms with Crippen molar-refractivity contribution in [2.75, 3.05) is 18.5 Å². The first-order valence-corrected chi connectivity index (χ1v) is 7.28. The topological polar surface area (TPSA) is 56.1 Å². The van der Waals surface area contributed by atoms with E-state index in [4.69, 9.17) is 4.74 Å². The molecule has 0 unspecified atom stereocenters. The molecule has 2 rings (SSSR count). The fourth-order valence-corrected chi connectivity index (χ4v) is 1.89. The molecule has 0 atom stereocenters. The molecule has 5 heteroatoms. The number of nitrogens with zero attached hydrogens (tertiary/aromatic N) is 2. The van der Waals surface area contributed by atoms with Gasteiger partial charge >= 0.3 is 0 Å². The molecule has 0 saturated heterocycles. The van der Waals surface area contributed by atoms with E-state index in [0.717, 1.165) is 30.8 Å². The summed E-state index contributed by atoms with van der Waals surface area (Å²) in [6, 6.07) is 11.2. The van der Waals surface area contributed by atoms with Crippen LogP contribution in [0, 0.1) is 0 Å². The lowest BCUT2D eigenvalue weighted by Crippen LogP contribution is -2.23. The highest BCUT2D eigenvalue weighted by atomic mass is 16.5. The smallest absolute Gasteiger partial charge is 0.268 e. The predicted molar refractivity (Wildman–Crippen MR) is 83.8 cm³/mol. The van der Waals surface area contributed by atoms with Gasteiger partial charge in [-0.25, -0.2) is 4.68 Å². The SMILES string of the molecule is CCCNc1cnn(CCCOc2ccccc2)c(=O)c1. The summed E-state index contributed by atoms with van der Waals surface area (Å²) in [7, 11) is 0. The van der Waals surface area contributed by atoms with Crippen molar-refractivity contribution >= 4 is 5.69 Å². The monoisotopic (exact) mass is 287 g/mol. The summed E-state index contributed by atoms with van der Waals surface area (Å²) < 4.78 is 7.05. The third-order valence-corrected chi connectivity index (χ3v) is 2.97. The maximum absolute atomic E-state index is 11.9. The highest BCUT2D eigenvalue weighted by molar-refractivity contribution is 5.38. The van der Waals surface area contributed by atoms with E-state index in [2.05, 4.69) is 17.3 Å². The van der Waals surface area contributed by atoms with E-state index < -0.39 is 0 Å². The van der Waals surface area contributed by atoms with E-state index in [1.807, 2.05) is 30.3 Å². The molecule has 1 aromatic carbocycles. The van der Waals surface area contributed by atoms with Crippen LogP contribution in [-0.2, 0) is 6.54 Å². The van der Waals surface area contributed by atoms with Crippen LogP contribution in [0.5, 0.6) is 5.75 Å². The van der Waals surface area contributed by atoms with Gasteiger partial charge in [-0.2, -0.15) is 5.10 Å². The first-order valence-electron chi connectivity index (χ1n) is 7.28. The second kappa shape index (κ2) is 8.09. The number of aromatic nitrogens is 2. The van der Waals surface area contributed by atoms with Gasteiger partial charge in [0.15, 0.2) is 0 Å². The molecule has 1 aromatic heterocycles. The summed E-state index contributed by atoms with van der Waals surface area (Å²) in [5, 5.41) is 7.31. The molecule has 0 radical (unpaired) electrons. The molecular weight excluding hydrogens is 266 g/mol. The molecule has 0 bridgehead atoms. The largest absolute Gasteiger partial charge is 0.494 e. The number of para-hydroxylation sites is 1. The van der Waals surface area contributed by atoms with Crippen molar-refractivity contribution in [3.63, 3.8) is 0 Å². The molecular formula is C16H21N3O2. The van der Waals surface area contributed by atoms with Gasteiger partial charge in [-0.3, -0.25) is 4.79 Å². The lowest BCUT2D eigenvalue weighted by molar-refractivity contribution is 0.297. The van der Waals surface area contributed by atoms with Crippen molar-refractivity contribution in [3.8, 4) is 5.75 Å². The maximum atomic E-state index is 11.9. The van der Waals surface area contributed by atoms with Crippen LogP contribution < -0.4 is 15.6 Å². The average Bonchev–Trinajstić information content (AvgIpc) is 2.52. The summed E-state index contributed by atoms with van der Waals surface area (Å²) in [5.41, 5.74) is 0.689. The van der Waals surface area contributed by atoms with Gasteiger partial charge < -0.3 is 10.1 Å². The van der Waals surface area contributed by atoms with Gasteiger partial charge in [-0.15, -0.1) is 0 Å². The van der Waals surface area contributed by atoms with Gasteiger partial charge in [0.25, 0.3) is 5.56 Å². The first-order chi connectivity index (χ1) is 10.3. The molecule has 21 heavy (non-hydrogen) atoms. The molecule has 0 aliphatic carbocycles. The van der Waals surface area contributed by atoms with Crippen LogP contribution in [0.2, 0.25) is 0 Å². The standard InChI is InChI=1S/C16H21N3O2/c1-2-9-17-14-12-16(20)19(18-13-14)10-6-11-21-15-7-4-3-5-8-15/h3-5,7-8,12-13,17H,2,6,9-11H2,1H3. The van der Waals surface area contributed by atoms with E-state index in [1.54, 1.807) is 12.3 Å². The van der Waals surface area contributed by atoms with Crippen molar-refractivity contribution in [2.45, 2.75) is 26.3 Å². The van der Waals surface area contributed by atoms with Gasteiger partial charge in [0.05, 0.1) is 18.5 Å². The fraction of sp³-hybridized carbons (Fsp3) is 0.375. The van der Waals surface area contributed by atoms with Gasteiger partial charge in [-0.05, 0) is 18.6 Å². The molecule has 1 heterocycles. The van der Waals surface area contributed by atoms with Gasteiger partial charge in [0, 0.05) is 25.6 Å². The number of anilines is 1. The number of aryl methyl sites for hydroxylation is 1. The van der Waals surface area contributed by atoms with Crippen LogP contribution in [0.4, 0.5) is 5.69 Å². The van der Waals surface area contributed by atoms with Gasteiger partial charge in [-0.1, -0.05) is 25.1 Å². The summed E-state index contributed by atoms with van der Waals surface area (Å²) in [6.45, 7) is 4.04. The Labute approximate surface area is 124 Å². The Bertz CT molecular complexity index is 596. The lowest BCUT2D eigenvalue weighted by atomic mass is 10.3. The molecule has 2 aromatic rings. The Balaban J connectivity index is 1.79. The molecule has 0 saturated carbocycles. The maximum Gasteiger partial charge on any atom is 0.268 e. The molecule has 0 spiro atoms. The third-order valence-electron chi connectivity index (χ3n) is 2.97.